The van der Waals surface area contributed by atoms with Crippen molar-refractivity contribution < 1.29 is 56.7 Å². The SMILES string of the molecule is COc1c(Cl)cc(-c2nc(C(F)(F)F)cn2-c2ccc(S(N)(=O)=O)cc2)cc1Cl.Cc1c(F)cc(-c2nc(C(F)(F)F)cn2-c2ccc(S(N)(=O)=O)cc2)cc1F. The molecule has 302 valence electrons. The van der Waals surface area contributed by atoms with Crippen LogP contribution in [0.15, 0.2) is 95.0 Å². The second kappa shape index (κ2) is 15.7. The summed E-state index contributed by atoms with van der Waals surface area (Å²) in [6.45, 7) is 1.19. The number of hydrogen-bond acceptors (Lipinski definition) is 7. The number of methoxy groups -OCH3 is 1. The summed E-state index contributed by atoms with van der Waals surface area (Å²) in [5.74, 6) is -2.19. The summed E-state index contributed by atoms with van der Waals surface area (Å²) >= 11 is 12.2. The minimum absolute atomic E-state index is 0.0858. The highest BCUT2D eigenvalue weighted by Crippen LogP contribution is 2.39. The van der Waals surface area contributed by atoms with Crippen LogP contribution >= 0.6 is 23.2 Å². The van der Waals surface area contributed by atoms with Gasteiger partial charge >= 0.3 is 12.4 Å². The van der Waals surface area contributed by atoms with Crippen LogP contribution in [-0.4, -0.2) is 43.0 Å². The van der Waals surface area contributed by atoms with Gasteiger partial charge in [0.2, 0.25) is 20.0 Å². The van der Waals surface area contributed by atoms with Crippen molar-refractivity contribution in [2.24, 2.45) is 10.3 Å². The molecule has 57 heavy (non-hydrogen) atoms. The Morgan fingerprint density at radius 3 is 1.26 bits per heavy atom. The summed E-state index contributed by atoms with van der Waals surface area (Å²) in [7, 11) is -6.61. The zero-order chi connectivity index (χ0) is 42.4. The van der Waals surface area contributed by atoms with Gasteiger partial charge in [0, 0.05) is 40.5 Å². The van der Waals surface area contributed by atoms with Crippen LogP contribution in [0.2, 0.25) is 10.0 Å². The molecular weight excluding hydrogens is 859 g/mol. The maximum atomic E-state index is 13.9. The first-order chi connectivity index (χ1) is 26.3. The normalized spacial score (nSPS) is 12.3. The fourth-order valence-electron chi connectivity index (χ4n) is 5.09. The van der Waals surface area contributed by atoms with Gasteiger partial charge in [0.05, 0.1) is 26.9 Å². The van der Waals surface area contributed by atoms with Crippen molar-refractivity contribution in [1.29, 1.82) is 0 Å². The Labute approximate surface area is 328 Å². The van der Waals surface area contributed by atoms with Gasteiger partial charge in [0.1, 0.15) is 23.3 Å². The molecular formula is C34H24Cl2F8N6O5S2. The molecule has 0 aliphatic rings. The van der Waals surface area contributed by atoms with E-state index >= 15 is 0 Å². The molecule has 0 spiro atoms. The molecule has 6 aromatic rings. The number of ether oxygens (including phenoxy) is 1. The number of rotatable bonds is 7. The van der Waals surface area contributed by atoms with Crippen LogP contribution in [0.4, 0.5) is 35.1 Å². The maximum Gasteiger partial charge on any atom is 0.434 e. The van der Waals surface area contributed by atoms with Crippen molar-refractivity contribution >= 4 is 43.2 Å². The Bertz CT molecular complexity index is 2660. The number of primary sulfonamides is 2. The summed E-state index contributed by atoms with van der Waals surface area (Å²) in [6, 6.07) is 14.0. The van der Waals surface area contributed by atoms with E-state index in [1.54, 1.807) is 0 Å². The third kappa shape index (κ3) is 9.57. The van der Waals surface area contributed by atoms with E-state index in [0.29, 0.717) is 6.20 Å². The van der Waals surface area contributed by atoms with Crippen LogP contribution in [0, 0.1) is 18.6 Å². The van der Waals surface area contributed by atoms with Crippen molar-refractivity contribution in [2.75, 3.05) is 7.11 Å². The first-order valence-electron chi connectivity index (χ1n) is 15.4. The molecule has 0 aliphatic heterocycles. The molecule has 0 unspecified atom stereocenters. The third-order valence-corrected chi connectivity index (χ3v) is 10.3. The Morgan fingerprint density at radius 2 is 0.965 bits per heavy atom. The third-order valence-electron chi connectivity index (χ3n) is 7.88. The van der Waals surface area contributed by atoms with E-state index in [9.17, 15) is 52.0 Å². The summed E-state index contributed by atoms with van der Waals surface area (Å²) in [6.07, 6.45) is -8.08. The van der Waals surface area contributed by atoms with Gasteiger partial charge in [-0.05, 0) is 79.7 Å². The highest BCUT2D eigenvalue weighted by Gasteiger charge is 2.36. The molecule has 23 heteroatoms. The van der Waals surface area contributed by atoms with Gasteiger partial charge in [-0.1, -0.05) is 23.2 Å². The first kappa shape index (κ1) is 43.1. The lowest BCUT2D eigenvalue weighted by molar-refractivity contribution is -0.141. The lowest BCUT2D eigenvalue weighted by Crippen LogP contribution is -2.12. The molecule has 0 atom stereocenters. The number of nitrogens with two attached hydrogens (primary N) is 2. The van der Waals surface area contributed by atoms with E-state index in [0.717, 1.165) is 39.6 Å². The number of benzene rings is 4. The van der Waals surface area contributed by atoms with E-state index in [-0.39, 0.29) is 65.3 Å². The summed E-state index contributed by atoms with van der Waals surface area (Å²) in [4.78, 5) is 6.71. The van der Waals surface area contributed by atoms with Gasteiger partial charge in [-0.2, -0.15) is 26.3 Å². The molecule has 2 aromatic heterocycles. The van der Waals surface area contributed by atoms with Crippen LogP contribution < -0.4 is 15.0 Å². The Hall–Kier alpha value is -5.06. The van der Waals surface area contributed by atoms with Gasteiger partial charge in [-0.3, -0.25) is 9.13 Å². The van der Waals surface area contributed by atoms with Crippen LogP contribution in [0.25, 0.3) is 34.2 Å². The fourth-order valence-corrected chi connectivity index (χ4v) is 6.76. The lowest BCUT2D eigenvalue weighted by Gasteiger charge is -2.11. The predicted octanol–water partition coefficient (Wildman–Crippen LogP) is 8.31. The predicted molar refractivity (Wildman–Crippen MR) is 192 cm³/mol. The minimum Gasteiger partial charge on any atom is -0.494 e. The molecule has 0 radical (unpaired) electrons. The van der Waals surface area contributed by atoms with Crippen molar-refractivity contribution in [1.82, 2.24) is 19.1 Å². The number of hydrogen-bond donors (Lipinski definition) is 2. The molecule has 4 N–H and O–H groups in total. The smallest absolute Gasteiger partial charge is 0.434 e. The van der Waals surface area contributed by atoms with Crippen molar-refractivity contribution in [3.8, 4) is 39.9 Å². The van der Waals surface area contributed by atoms with E-state index in [1.807, 2.05) is 0 Å². The average molecular weight is 884 g/mol. The lowest BCUT2D eigenvalue weighted by atomic mass is 10.1. The standard InChI is InChI=1S/C17H12Cl2F3N3O3S.C17H12F5N3O2S/c1-28-15-12(18)6-9(7-13(15)19)16-24-14(17(20,21)22)8-25(16)10-2-4-11(5-3-10)29(23,26)27;1-9-13(18)6-10(7-14(9)19)16-24-15(17(20,21)22)8-25(16)11-2-4-12(5-3-11)28(23,26)27/h2-8H,1H3,(H2,23,26,27);2-8H,1H3,(H2,23,26,27). The molecule has 6 rings (SSSR count). The van der Waals surface area contributed by atoms with Crippen molar-refractivity contribution in [3.63, 3.8) is 0 Å². The van der Waals surface area contributed by atoms with E-state index in [2.05, 4.69) is 9.97 Å². The number of sulfonamides is 2. The first-order valence-corrected chi connectivity index (χ1v) is 19.2. The highest BCUT2D eigenvalue weighted by molar-refractivity contribution is 7.89. The van der Waals surface area contributed by atoms with Gasteiger partial charge < -0.3 is 4.74 Å². The number of nitrogens with zero attached hydrogens (tertiary/aromatic N) is 4. The maximum absolute atomic E-state index is 13.9. The van der Waals surface area contributed by atoms with Crippen LogP contribution in [-0.2, 0) is 32.4 Å². The molecule has 11 nitrogen and oxygen atoms in total. The number of imidazole rings is 2. The Balaban J connectivity index is 0.000000218. The van der Waals surface area contributed by atoms with Crippen LogP contribution in [0.1, 0.15) is 17.0 Å². The zero-order valence-electron chi connectivity index (χ0n) is 28.7. The van der Waals surface area contributed by atoms with Gasteiger partial charge in [0.25, 0.3) is 0 Å². The fraction of sp³-hybridized carbons (Fsp3) is 0.118. The minimum atomic E-state index is -4.80. The van der Waals surface area contributed by atoms with Crippen LogP contribution in [0.5, 0.6) is 5.75 Å². The topological polar surface area (TPSA) is 165 Å². The second-order valence-corrected chi connectivity index (χ2v) is 15.7. The summed E-state index contributed by atoms with van der Waals surface area (Å²) < 4.78 is 160. The van der Waals surface area contributed by atoms with Crippen molar-refractivity contribution in [3.05, 3.63) is 124 Å². The molecule has 0 saturated heterocycles. The van der Waals surface area contributed by atoms with E-state index < -0.39 is 55.4 Å². The van der Waals surface area contributed by atoms with Crippen LogP contribution in [0.3, 0.4) is 0 Å². The van der Waals surface area contributed by atoms with Gasteiger partial charge in [-0.15, -0.1) is 0 Å². The molecule has 0 amide bonds. The molecule has 4 aromatic carbocycles. The Morgan fingerprint density at radius 1 is 0.632 bits per heavy atom. The second-order valence-electron chi connectivity index (χ2n) is 11.8. The largest absolute Gasteiger partial charge is 0.494 e. The molecule has 0 fully saturated rings. The molecule has 2 heterocycles. The zero-order valence-corrected chi connectivity index (χ0v) is 31.8. The van der Waals surface area contributed by atoms with Gasteiger partial charge in [0.15, 0.2) is 17.1 Å². The molecule has 0 bridgehead atoms. The molecule has 0 saturated carbocycles. The molecule has 0 aliphatic carbocycles. The number of alkyl halides is 6. The van der Waals surface area contributed by atoms with Gasteiger partial charge in [-0.25, -0.2) is 45.9 Å². The van der Waals surface area contributed by atoms with Crippen molar-refractivity contribution in [2.45, 2.75) is 29.1 Å². The average Bonchev–Trinajstić information content (AvgIpc) is 3.77. The quantitative estimate of drug-likeness (QED) is 0.152. The Kier molecular flexibility index (Phi) is 11.9. The summed E-state index contributed by atoms with van der Waals surface area (Å²) in [5.41, 5.74) is -2.41. The van der Waals surface area contributed by atoms with E-state index in [1.165, 1.54) is 62.6 Å². The number of halogens is 10. The summed E-state index contributed by atoms with van der Waals surface area (Å²) in [5, 5.41) is 10.2. The number of aromatic nitrogens is 4. The highest BCUT2D eigenvalue weighted by atomic mass is 35.5. The van der Waals surface area contributed by atoms with E-state index in [4.69, 9.17) is 38.2 Å². The monoisotopic (exact) mass is 882 g/mol.